The van der Waals surface area contributed by atoms with Crippen LogP contribution in [0, 0.1) is 0 Å². The van der Waals surface area contributed by atoms with Crippen molar-refractivity contribution < 1.29 is 4.42 Å². The number of nitrogens with zero attached hydrogens (tertiary/aromatic N) is 3. The fourth-order valence-corrected chi connectivity index (χ4v) is 3.42. The number of benzene rings is 1. The minimum Gasteiger partial charge on any atom is -0.444 e. The summed E-state index contributed by atoms with van der Waals surface area (Å²) >= 11 is 0. The number of guanidine groups is 1. The maximum Gasteiger partial charge on any atom is 0.226 e. The summed E-state index contributed by atoms with van der Waals surface area (Å²) in [4.78, 5) is 11.4. The molecule has 0 radical (unpaired) electrons. The van der Waals surface area contributed by atoms with Crippen LogP contribution in [0.3, 0.4) is 0 Å². The number of piperidine rings is 1. The summed E-state index contributed by atoms with van der Waals surface area (Å²) in [7, 11) is 1.80. The molecule has 2 aromatic rings. The van der Waals surface area contributed by atoms with Crippen LogP contribution in [0.5, 0.6) is 0 Å². The number of hydrogen-bond acceptors (Lipinski definition) is 4. The lowest BCUT2D eigenvalue weighted by Crippen LogP contribution is -2.48. The van der Waals surface area contributed by atoms with Crippen molar-refractivity contribution in [2.75, 3.05) is 26.7 Å². The average molecular weight is 355 g/mol. The fraction of sp³-hybridized carbons (Fsp3) is 0.500. The Morgan fingerprint density at radius 2 is 2.12 bits per heavy atom. The third-order valence-electron chi connectivity index (χ3n) is 4.89. The van der Waals surface area contributed by atoms with E-state index in [1.54, 1.807) is 13.3 Å². The van der Waals surface area contributed by atoms with E-state index >= 15 is 0 Å². The molecule has 3 rings (SSSR count). The van der Waals surface area contributed by atoms with Gasteiger partial charge in [-0.1, -0.05) is 31.5 Å². The van der Waals surface area contributed by atoms with Gasteiger partial charge in [0, 0.05) is 25.2 Å². The molecule has 6 heteroatoms. The lowest BCUT2D eigenvalue weighted by Gasteiger charge is -2.35. The van der Waals surface area contributed by atoms with Crippen LogP contribution in [-0.4, -0.2) is 48.6 Å². The van der Waals surface area contributed by atoms with Gasteiger partial charge in [-0.25, -0.2) is 4.98 Å². The van der Waals surface area contributed by atoms with Crippen molar-refractivity contribution in [2.24, 2.45) is 4.99 Å². The monoisotopic (exact) mass is 355 g/mol. The second kappa shape index (κ2) is 9.38. The number of aliphatic imine (C=N–C) groups is 1. The maximum atomic E-state index is 5.58. The van der Waals surface area contributed by atoms with Crippen LogP contribution < -0.4 is 10.6 Å². The zero-order chi connectivity index (χ0) is 18.2. The zero-order valence-corrected chi connectivity index (χ0v) is 15.7. The first kappa shape index (κ1) is 18.5. The van der Waals surface area contributed by atoms with Gasteiger partial charge in [0.25, 0.3) is 0 Å². The molecule has 26 heavy (non-hydrogen) atoms. The predicted octanol–water partition coefficient (Wildman–Crippen LogP) is 2.88. The van der Waals surface area contributed by atoms with Gasteiger partial charge in [0.05, 0.1) is 12.2 Å². The second-order valence-corrected chi connectivity index (χ2v) is 6.59. The minimum atomic E-state index is 0.582. The minimum absolute atomic E-state index is 0.582. The van der Waals surface area contributed by atoms with Crippen LogP contribution in [0.1, 0.15) is 31.9 Å². The summed E-state index contributed by atoms with van der Waals surface area (Å²) in [5, 5.41) is 6.77. The van der Waals surface area contributed by atoms with E-state index in [1.165, 1.54) is 25.8 Å². The SMILES string of the molecule is CCN1CCCCC1CNC(=NC)NCc1coc(-c2ccccc2)n1. The van der Waals surface area contributed by atoms with E-state index in [9.17, 15) is 0 Å². The Balaban J connectivity index is 1.49. The van der Waals surface area contributed by atoms with E-state index in [-0.39, 0.29) is 0 Å². The molecule has 1 aliphatic heterocycles. The molecule has 1 saturated heterocycles. The number of aromatic nitrogens is 1. The highest BCUT2D eigenvalue weighted by Crippen LogP contribution is 2.18. The van der Waals surface area contributed by atoms with Crippen molar-refractivity contribution in [3.63, 3.8) is 0 Å². The quantitative estimate of drug-likeness (QED) is 0.616. The highest BCUT2D eigenvalue weighted by atomic mass is 16.3. The van der Waals surface area contributed by atoms with Gasteiger partial charge >= 0.3 is 0 Å². The first-order valence-corrected chi connectivity index (χ1v) is 9.48. The summed E-state index contributed by atoms with van der Waals surface area (Å²) < 4.78 is 5.58. The summed E-state index contributed by atoms with van der Waals surface area (Å²) in [5.74, 6) is 1.45. The van der Waals surface area contributed by atoms with E-state index in [4.69, 9.17) is 4.42 Å². The number of likely N-dealkylation sites (N-methyl/N-ethyl adjacent to an activating group) is 1. The number of nitrogens with one attached hydrogen (secondary N) is 2. The van der Waals surface area contributed by atoms with Crippen molar-refractivity contribution in [1.82, 2.24) is 20.5 Å². The van der Waals surface area contributed by atoms with Crippen LogP contribution in [0.25, 0.3) is 11.5 Å². The van der Waals surface area contributed by atoms with Crippen molar-refractivity contribution in [2.45, 2.75) is 38.8 Å². The first-order valence-electron chi connectivity index (χ1n) is 9.48. The molecule has 1 fully saturated rings. The molecule has 1 aromatic carbocycles. The molecule has 0 saturated carbocycles. The van der Waals surface area contributed by atoms with Gasteiger partial charge < -0.3 is 15.1 Å². The normalized spacial score (nSPS) is 18.7. The third-order valence-corrected chi connectivity index (χ3v) is 4.89. The average Bonchev–Trinajstić information content (AvgIpc) is 3.18. The molecule has 140 valence electrons. The Morgan fingerprint density at radius 3 is 2.88 bits per heavy atom. The van der Waals surface area contributed by atoms with Crippen molar-refractivity contribution in [3.8, 4) is 11.5 Å². The molecular formula is C20H29N5O. The molecule has 0 amide bonds. The molecule has 6 nitrogen and oxygen atoms in total. The van der Waals surface area contributed by atoms with E-state index in [2.05, 4.69) is 32.4 Å². The highest BCUT2D eigenvalue weighted by molar-refractivity contribution is 5.79. The molecule has 1 aliphatic rings. The molecule has 1 unspecified atom stereocenters. The summed E-state index contributed by atoms with van der Waals surface area (Å²) in [6.07, 6.45) is 5.58. The van der Waals surface area contributed by atoms with Gasteiger partial charge in [0.15, 0.2) is 5.96 Å². The van der Waals surface area contributed by atoms with Gasteiger partial charge in [0.2, 0.25) is 5.89 Å². The van der Waals surface area contributed by atoms with Crippen molar-refractivity contribution >= 4 is 5.96 Å². The van der Waals surface area contributed by atoms with Gasteiger partial charge in [-0.15, -0.1) is 0 Å². The maximum absolute atomic E-state index is 5.58. The number of hydrogen-bond donors (Lipinski definition) is 2. The Hall–Kier alpha value is -2.34. The van der Waals surface area contributed by atoms with Crippen LogP contribution in [-0.2, 0) is 6.54 Å². The molecule has 0 aliphatic carbocycles. The lowest BCUT2D eigenvalue weighted by molar-refractivity contribution is 0.157. The topological polar surface area (TPSA) is 65.7 Å². The standard InChI is InChI=1S/C20H29N5O/c1-3-25-12-8-7-11-18(25)14-23-20(21-2)22-13-17-15-26-19(24-17)16-9-5-4-6-10-16/h4-6,9-10,15,18H,3,7-8,11-14H2,1-2H3,(H2,21,22,23). The number of oxazole rings is 1. The Kier molecular flexibility index (Phi) is 6.66. The molecule has 0 spiro atoms. The first-order chi connectivity index (χ1) is 12.8. The third kappa shape index (κ3) is 4.85. The fourth-order valence-electron chi connectivity index (χ4n) is 3.42. The Bertz CT molecular complexity index is 697. The lowest BCUT2D eigenvalue weighted by atomic mass is 10.0. The van der Waals surface area contributed by atoms with Gasteiger partial charge in [-0.3, -0.25) is 9.89 Å². The molecular weight excluding hydrogens is 326 g/mol. The molecule has 2 heterocycles. The molecule has 1 aromatic heterocycles. The number of likely N-dealkylation sites (tertiary alicyclic amines) is 1. The van der Waals surface area contributed by atoms with Crippen molar-refractivity contribution in [3.05, 3.63) is 42.3 Å². The Labute approximate surface area is 155 Å². The van der Waals surface area contributed by atoms with Crippen LogP contribution >= 0.6 is 0 Å². The summed E-state index contributed by atoms with van der Waals surface area (Å²) in [5.41, 5.74) is 1.85. The van der Waals surface area contributed by atoms with Crippen LogP contribution in [0.4, 0.5) is 0 Å². The summed E-state index contributed by atoms with van der Waals surface area (Å²) in [6.45, 7) is 6.05. The van der Waals surface area contributed by atoms with Gasteiger partial charge in [0.1, 0.15) is 6.26 Å². The largest absolute Gasteiger partial charge is 0.444 e. The number of rotatable bonds is 6. The van der Waals surface area contributed by atoms with Crippen LogP contribution in [0.15, 0.2) is 46.0 Å². The summed E-state index contributed by atoms with van der Waals surface area (Å²) in [6, 6.07) is 10.5. The van der Waals surface area contributed by atoms with E-state index in [0.717, 1.165) is 30.3 Å². The van der Waals surface area contributed by atoms with Crippen molar-refractivity contribution in [1.29, 1.82) is 0 Å². The van der Waals surface area contributed by atoms with Crippen LogP contribution in [0.2, 0.25) is 0 Å². The van der Waals surface area contributed by atoms with Gasteiger partial charge in [-0.05, 0) is 38.1 Å². The molecule has 1 atom stereocenters. The zero-order valence-electron chi connectivity index (χ0n) is 15.7. The predicted molar refractivity (Wildman–Crippen MR) is 105 cm³/mol. The molecule has 0 bridgehead atoms. The van der Waals surface area contributed by atoms with E-state index in [1.807, 2.05) is 30.3 Å². The smallest absolute Gasteiger partial charge is 0.226 e. The van der Waals surface area contributed by atoms with Gasteiger partial charge in [-0.2, -0.15) is 0 Å². The van der Waals surface area contributed by atoms with E-state index in [0.29, 0.717) is 18.5 Å². The molecule has 2 N–H and O–H groups in total. The van der Waals surface area contributed by atoms with E-state index < -0.39 is 0 Å². The highest BCUT2D eigenvalue weighted by Gasteiger charge is 2.20. The second-order valence-electron chi connectivity index (χ2n) is 6.59. The Morgan fingerprint density at radius 1 is 1.27 bits per heavy atom.